The van der Waals surface area contributed by atoms with Crippen LogP contribution in [-0.4, -0.2) is 31.4 Å². The van der Waals surface area contributed by atoms with E-state index in [4.69, 9.17) is 0 Å². The Balaban J connectivity index is 2.67. The minimum absolute atomic E-state index is 0.520. The lowest BCUT2D eigenvalue weighted by atomic mass is 10.1. The smallest absolute Gasteiger partial charge is 0.121 e. The van der Waals surface area contributed by atoms with Gasteiger partial charge in [0.05, 0.1) is 11.8 Å². The molecular formula is C8H13BrN2O2. The third kappa shape index (κ3) is 2.52. The number of aliphatic hydroxyl groups is 2. The first-order chi connectivity index (χ1) is 6.16. The number of aryl methyl sites for hydroxylation is 1. The maximum Gasteiger partial charge on any atom is 0.121 e. The first-order valence-corrected chi connectivity index (χ1v) is 5.19. The standard InChI is InChI=1S/C8H13BrN2O2/c1-11-6(3-5-10-11)8(13)7(12)2-4-9/h3,5,7-8,12-13H,2,4H2,1H3. The van der Waals surface area contributed by atoms with Crippen molar-refractivity contribution in [3.05, 3.63) is 18.0 Å². The van der Waals surface area contributed by atoms with Gasteiger partial charge in [-0.25, -0.2) is 0 Å². The maximum absolute atomic E-state index is 9.66. The lowest BCUT2D eigenvalue weighted by Crippen LogP contribution is -2.20. The molecule has 0 aliphatic rings. The van der Waals surface area contributed by atoms with Crippen LogP contribution in [0.15, 0.2) is 12.3 Å². The highest BCUT2D eigenvalue weighted by Gasteiger charge is 2.19. The molecule has 5 heteroatoms. The SMILES string of the molecule is Cn1nccc1C(O)C(O)CCBr. The highest BCUT2D eigenvalue weighted by molar-refractivity contribution is 9.09. The fraction of sp³-hybridized carbons (Fsp3) is 0.625. The van der Waals surface area contributed by atoms with Crippen molar-refractivity contribution < 1.29 is 10.2 Å². The second-order valence-corrected chi connectivity index (χ2v) is 3.66. The summed E-state index contributed by atoms with van der Waals surface area (Å²) in [7, 11) is 1.74. The van der Waals surface area contributed by atoms with Crippen LogP contribution in [0.4, 0.5) is 0 Å². The summed E-state index contributed by atoms with van der Waals surface area (Å²) in [5.74, 6) is 0. The van der Waals surface area contributed by atoms with Gasteiger partial charge in [0, 0.05) is 18.6 Å². The molecule has 0 saturated carbocycles. The molecule has 0 saturated heterocycles. The molecule has 0 aliphatic carbocycles. The summed E-state index contributed by atoms with van der Waals surface area (Å²) in [6.45, 7) is 0. The van der Waals surface area contributed by atoms with Gasteiger partial charge in [0.25, 0.3) is 0 Å². The predicted molar refractivity (Wildman–Crippen MR) is 52.6 cm³/mol. The second kappa shape index (κ2) is 4.74. The zero-order chi connectivity index (χ0) is 9.84. The van der Waals surface area contributed by atoms with Crippen LogP contribution in [0, 0.1) is 0 Å². The number of nitrogens with zero attached hydrogens (tertiary/aromatic N) is 2. The topological polar surface area (TPSA) is 58.3 Å². The Morgan fingerprint density at radius 3 is 2.77 bits per heavy atom. The minimum Gasteiger partial charge on any atom is -0.390 e. The lowest BCUT2D eigenvalue weighted by Gasteiger charge is -2.16. The molecule has 0 spiro atoms. The third-order valence-electron chi connectivity index (χ3n) is 1.93. The molecule has 1 heterocycles. The van der Waals surface area contributed by atoms with Gasteiger partial charge in [0.2, 0.25) is 0 Å². The van der Waals surface area contributed by atoms with E-state index in [1.165, 1.54) is 0 Å². The van der Waals surface area contributed by atoms with E-state index in [0.717, 1.165) is 0 Å². The lowest BCUT2D eigenvalue weighted by molar-refractivity contribution is 0.0126. The quantitative estimate of drug-likeness (QED) is 0.768. The summed E-state index contributed by atoms with van der Waals surface area (Å²) >= 11 is 3.21. The first-order valence-electron chi connectivity index (χ1n) is 4.06. The van der Waals surface area contributed by atoms with Crippen LogP contribution < -0.4 is 0 Å². The Kier molecular flexibility index (Phi) is 3.90. The average Bonchev–Trinajstić information content (AvgIpc) is 2.50. The maximum atomic E-state index is 9.66. The molecule has 0 amide bonds. The number of hydrogen-bond donors (Lipinski definition) is 2. The fourth-order valence-corrected chi connectivity index (χ4v) is 1.61. The van der Waals surface area contributed by atoms with Crippen molar-refractivity contribution in [1.29, 1.82) is 0 Å². The molecule has 2 atom stereocenters. The molecule has 0 aromatic carbocycles. The van der Waals surface area contributed by atoms with Crippen molar-refractivity contribution in [2.75, 3.05) is 5.33 Å². The van der Waals surface area contributed by atoms with Crippen LogP contribution in [0.3, 0.4) is 0 Å². The van der Waals surface area contributed by atoms with Crippen molar-refractivity contribution in [3.63, 3.8) is 0 Å². The number of alkyl halides is 1. The van der Waals surface area contributed by atoms with Gasteiger partial charge in [-0.15, -0.1) is 0 Å². The molecule has 1 aromatic heterocycles. The van der Waals surface area contributed by atoms with Gasteiger partial charge in [-0.05, 0) is 12.5 Å². The highest BCUT2D eigenvalue weighted by Crippen LogP contribution is 2.18. The van der Waals surface area contributed by atoms with Crippen LogP contribution >= 0.6 is 15.9 Å². The van der Waals surface area contributed by atoms with E-state index in [1.54, 1.807) is 24.0 Å². The molecule has 0 bridgehead atoms. The number of rotatable bonds is 4. The minimum atomic E-state index is -0.856. The second-order valence-electron chi connectivity index (χ2n) is 2.87. The van der Waals surface area contributed by atoms with E-state index in [1.807, 2.05) is 0 Å². The molecule has 4 nitrogen and oxygen atoms in total. The Hall–Kier alpha value is -0.390. The predicted octanol–water partition coefficient (Wildman–Crippen LogP) is 0.599. The number of aliphatic hydroxyl groups excluding tert-OH is 2. The average molecular weight is 249 g/mol. The number of hydrogen-bond acceptors (Lipinski definition) is 3. The molecule has 2 N–H and O–H groups in total. The van der Waals surface area contributed by atoms with Crippen LogP contribution in [0.25, 0.3) is 0 Å². The van der Waals surface area contributed by atoms with Gasteiger partial charge in [0.1, 0.15) is 6.10 Å². The van der Waals surface area contributed by atoms with E-state index in [9.17, 15) is 10.2 Å². The van der Waals surface area contributed by atoms with Crippen LogP contribution in [-0.2, 0) is 7.05 Å². The Bertz CT molecular complexity index is 264. The summed E-state index contributed by atoms with van der Waals surface area (Å²) < 4.78 is 1.56. The van der Waals surface area contributed by atoms with E-state index in [2.05, 4.69) is 21.0 Å². The van der Waals surface area contributed by atoms with E-state index in [-0.39, 0.29) is 0 Å². The summed E-state index contributed by atoms with van der Waals surface area (Å²) in [6.07, 6.45) is 0.519. The molecule has 0 fully saturated rings. The Labute approximate surface area is 85.3 Å². The monoisotopic (exact) mass is 248 g/mol. The van der Waals surface area contributed by atoms with E-state index < -0.39 is 12.2 Å². The molecular weight excluding hydrogens is 236 g/mol. The van der Waals surface area contributed by atoms with Crippen LogP contribution in [0.2, 0.25) is 0 Å². The van der Waals surface area contributed by atoms with E-state index in [0.29, 0.717) is 17.4 Å². The van der Waals surface area contributed by atoms with Gasteiger partial charge in [0.15, 0.2) is 0 Å². The summed E-state index contributed by atoms with van der Waals surface area (Å²) in [5, 5.41) is 23.7. The van der Waals surface area contributed by atoms with Crippen molar-refractivity contribution in [1.82, 2.24) is 9.78 Å². The van der Waals surface area contributed by atoms with Crippen molar-refractivity contribution in [3.8, 4) is 0 Å². The van der Waals surface area contributed by atoms with Crippen LogP contribution in [0.5, 0.6) is 0 Å². The molecule has 1 aromatic rings. The molecule has 74 valence electrons. The molecule has 0 radical (unpaired) electrons. The largest absolute Gasteiger partial charge is 0.390 e. The summed E-state index contributed by atoms with van der Waals surface area (Å²) in [4.78, 5) is 0. The van der Waals surface area contributed by atoms with Gasteiger partial charge < -0.3 is 10.2 Å². The van der Waals surface area contributed by atoms with Gasteiger partial charge in [-0.1, -0.05) is 15.9 Å². The van der Waals surface area contributed by atoms with Gasteiger partial charge >= 0.3 is 0 Å². The van der Waals surface area contributed by atoms with Gasteiger partial charge in [-0.3, -0.25) is 4.68 Å². The fourth-order valence-electron chi connectivity index (χ4n) is 1.14. The Morgan fingerprint density at radius 1 is 1.62 bits per heavy atom. The van der Waals surface area contributed by atoms with Gasteiger partial charge in [-0.2, -0.15) is 5.10 Å². The number of aromatic nitrogens is 2. The third-order valence-corrected chi connectivity index (χ3v) is 2.39. The Morgan fingerprint density at radius 2 is 2.31 bits per heavy atom. The molecule has 1 rings (SSSR count). The normalized spacial score (nSPS) is 15.7. The molecule has 2 unspecified atom stereocenters. The number of halogens is 1. The molecule has 0 aliphatic heterocycles. The van der Waals surface area contributed by atoms with Crippen molar-refractivity contribution in [2.45, 2.75) is 18.6 Å². The van der Waals surface area contributed by atoms with E-state index >= 15 is 0 Å². The first kappa shape index (κ1) is 10.7. The zero-order valence-corrected chi connectivity index (χ0v) is 8.98. The van der Waals surface area contributed by atoms with Crippen molar-refractivity contribution >= 4 is 15.9 Å². The highest BCUT2D eigenvalue weighted by atomic mass is 79.9. The summed E-state index contributed by atoms with van der Waals surface area (Å²) in [5.41, 5.74) is 0.633. The summed E-state index contributed by atoms with van der Waals surface area (Å²) in [6, 6.07) is 1.70. The van der Waals surface area contributed by atoms with Crippen LogP contribution in [0.1, 0.15) is 18.2 Å². The van der Waals surface area contributed by atoms with Crippen molar-refractivity contribution in [2.24, 2.45) is 7.05 Å². The molecule has 13 heavy (non-hydrogen) atoms. The zero-order valence-electron chi connectivity index (χ0n) is 7.39.